The molecule has 2 fully saturated rings. The molecule has 2 aliphatic heterocycles. The van der Waals surface area contributed by atoms with Gasteiger partial charge in [-0.1, -0.05) is 30.3 Å². The number of likely N-dealkylation sites (tertiary alicyclic amines) is 1. The van der Waals surface area contributed by atoms with Crippen molar-refractivity contribution in [2.75, 3.05) is 26.2 Å². The van der Waals surface area contributed by atoms with Crippen LogP contribution in [0.4, 0.5) is 0 Å². The Morgan fingerprint density at radius 1 is 1.20 bits per heavy atom. The number of rotatable bonds is 6. The Morgan fingerprint density at radius 2 is 2.10 bits per heavy atom. The van der Waals surface area contributed by atoms with Crippen LogP contribution < -0.4 is 5.32 Å². The van der Waals surface area contributed by atoms with E-state index in [0.717, 1.165) is 19.7 Å². The molecule has 20 heavy (non-hydrogen) atoms. The average Bonchev–Trinajstić information content (AvgIpc) is 3.12. The quantitative estimate of drug-likeness (QED) is 0.862. The summed E-state index contributed by atoms with van der Waals surface area (Å²) in [5, 5.41) is 3.70. The zero-order chi connectivity index (χ0) is 13.6. The predicted octanol–water partition coefficient (Wildman–Crippen LogP) is 2.42. The van der Waals surface area contributed by atoms with E-state index in [4.69, 9.17) is 4.74 Å². The van der Waals surface area contributed by atoms with Crippen LogP contribution in [-0.4, -0.2) is 43.3 Å². The number of benzene rings is 1. The van der Waals surface area contributed by atoms with E-state index in [2.05, 4.69) is 40.5 Å². The summed E-state index contributed by atoms with van der Waals surface area (Å²) in [5.41, 5.74) is 1.42. The molecule has 3 rings (SSSR count). The fourth-order valence-corrected chi connectivity index (χ4v) is 3.30. The standard InChI is InChI=1S/C17H26N2O/c1-2-5-15(6-3-1)13-19-11-9-16(14-19)18-10-8-17-7-4-12-20-17/h1-3,5-6,16-18H,4,7-14H2. The van der Waals surface area contributed by atoms with E-state index in [1.54, 1.807) is 0 Å². The molecule has 3 nitrogen and oxygen atoms in total. The minimum absolute atomic E-state index is 0.518. The molecular weight excluding hydrogens is 248 g/mol. The van der Waals surface area contributed by atoms with Crippen molar-refractivity contribution < 1.29 is 4.74 Å². The van der Waals surface area contributed by atoms with E-state index < -0.39 is 0 Å². The lowest BCUT2D eigenvalue weighted by Crippen LogP contribution is -2.34. The van der Waals surface area contributed by atoms with Crippen LogP contribution in [0.3, 0.4) is 0 Å². The summed E-state index contributed by atoms with van der Waals surface area (Å²) in [4.78, 5) is 2.55. The largest absolute Gasteiger partial charge is 0.378 e. The molecule has 2 saturated heterocycles. The van der Waals surface area contributed by atoms with Gasteiger partial charge in [-0.05, 0) is 37.8 Å². The van der Waals surface area contributed by atoms with Gasteiger partial charge in [0.1, 0.15) is 0 Å². The molecule has 0 amide bonds. The molecule has 1 aromatic carbocycles. The lowest BCUT2D eigenvalue weighted by atomic mass is 10.1. The third-order valence-electron chi connectivity index (χ3n) is 4.44. The second-order valence-corrected chi connectivity index (χ2v) is 6.08. The number of hydrogen-bond acceptors (Lipinski definition) is 3. The third kappa shape index (κ3) is 4.05. The zero-order valence-corrected chi connectivity index (χ0v) is 12.3. The summed E-state index contributed by atoms with van der Waals surface area (Å²) in [6.45, 7) is 5.56. The highest BCUT2D eigenvalue weighted by molar-refractivity contribution is 5.14. The Bertz CT molecular complexity index is 389. The summed E-state index contributed by atoms with van der Waals surface area (Å²) >= 11 is 0. The first kappa shape index (κ1) is 14.1. The van der Waals surface area contributed by atoms with Gasteiger partial charge in [-0.3, -0.25) is 4.90 Å². The molecule has 1 N–H and O–H groups in total. The van der Waals surface area contributed by atoms with Crippen molar-refractivity contribution in [3.63, 3.8) is 0 Å². The van der Waals surface area contributed by atoms with Gasteiger partial charge in [-0.25, -0.2) is 0 Å². The van der Waals surface area contributed by atoms with Crippen molar-refractivity contribution in [1.29, 1.82) is 0 Å². The molecular formula is C17H26N2O. The summed E-state index contributed by atoms with van der Waals surface area (Å²) < 4.78 is 5.67. The maximum absolute atomic E-state index is 5.67. The second-order valence-electron chi connectivity index (χ2n) is 6.08. The molecule has 0 saturated carbocycles. The van der Waals surface area contributed by atoms with Crippen molar-refractivity contribution in [1.82, 2.24) is 10.2 Å². The molecule has 0 aromatic heterocycles. The number of hydrogen-bond donors (Lipinski definition) is 1. The lowest BCUT2D eigenvalue weighted by Gasteiger charge is -2.17. The van der Waals surface area contributed by atoms with Crippen molar-refractivity contribution in [3.8, 4) is 0 Å². The fraction of sp³-hybridized carbons (Fsp3) is 0.647. The Kier molecular flexibility index (Phi) is 5.06. The van der Waals surface area contributed by atoms with Gasteiger partial charge in [-0.2, -0.15) is 0 Å². The molecule has 2 unspecified atom stereocenters. The smallest absolute Gasteiger partial charge is 0.0588 e. The van der Waals surface area contributed by atoms with Crippen LogP contribution in [0.5, 0.6) is 0 Å². The molecule has 2 atom stereocenters. The lowest BCUT2D eigenvalue weighted by molar-refractivity contribution is 0.103. The molecule has 0 aliphatic carbocycles. The van der Waals surface area contributed by atoms with Gasteiger partial charge in [0.2, 0.25) is 0 Å². The van der Waals surface area contributed by atoms with Crippen LogP contribution in [0.15, 0.2) is 30.3 Å². The predicted molar refractivity (Wildman–Crippen MR) is 81.7 cm³/mol. The Balaban J connectivity index is 1.34. The molecule has 110 valence electrons. The zero-order valence-electron chi connectivity index (χ0n) is 12.3. The molecule has 2 heterocycles. The fourth-order valence-electron chi connectivity index (χ4n) is 3.30. The van der Waals surface area contributed by atoms with E-state index in [9.17, 15) is 0 Å². The molecule has 3 heteroatoms. The summed E-state index contributed by atoms with van der Waals surface area (Å²) in [6, 6.07) is 11.4. The summed E-state index contributed by atoms with van der Waals surface area (Å²) in [5.74, 6) is 0. The van der Waals surface area contributed by atoms with Crippen molar-refractivity contribution in [2.24, 2.45) is 0 Å². The minimum atomic E-state index is 0.518. The van der Waals surface area contributed by atoms with Crippen LogP contribution in [0.2, 0.25) is 0 Å². The normalized spacial score (nSPS) is 27.2. The van der Waals surface area contributed by atoms with Crippen molar-refractivity contribution >= 4 is 0 Å². The highest BCUT2D eigenvalue weighted by Gasteiger charge is 2.22. The van der Waals surface area contributed by atoms with Gasteiger partial charge in [0.15, 0.2) is 0 Å². The van der Waals surface area contributed by atoms with Crippen LogP contribution in [-0.2, 0) is 11.3 Å². The van der Waals surface area contributed by atoms with Crippen LogP contribution in [0.25, 0.3) is 0 Å². The SMILES string of the molecule is c1ccc(CN2CCC(NCCC3CCCO3)C2)cc1. The van der Waals surface area contributed by atoms with Crippen molar-refractivity contribution in [2.45, 2.75) is 44.4 Å². The van der Waals surface area contributed by atoms with Gasteiger partial charge in [0, 0.05) is 32.3 Å². The molecule has 0 radical (unpaired) electrons. The van der Waals surface area contributed by atoms with Crippen molar-refractivity contribution in [3.05, 3.63) is 35.9 Å². The second kappa shape index (κ2) is 7.21. The van der Waals surface area contributed by atoms with Gasteiger partial charge in [0.25, 0.3) is 0 Å². The van der Waals surface area contributed by atoms with Gasteiger partial charge in [-0.15, -0.1) is 0 Å². The van der Waals surface area contributed by atoms with Gasteiger partial charge < -0.3 is 10.1 Å². The Hall–Kier alpha value is -0.900. The van der Waals surface area contributed by atoms with Gasteiger partial charge >= 0.3 is 0 Å². The van der Waals surface area contributed by atoms with E-state index in [1.807, 2.05) is 0 Å². The Labute approximate surface area is 122 Å². The summed E-state index contributed by atoms with van der Waals surface area (Å²) in [7, 11) is 0. The number of ether oxygens (including phenoxy) is 1. The van der Waals surface area contributed by atoms with Gasteiger partial charge in [0.05, 0.1) is 6.10 Å². The van der Waals surface area contributed by atoms with Crippen LogP contribution >= 0.6 is 0 Å². The monoisotopic (exact) mass is 274 g/mol. The first-order chi connectivity index (χ1) is 9.90. The number of nitrogens with zero attached hydrogens (tertiary/aromatic N) is 1. The van der Waals surface area contributed by atoms with Crippen LogP contribution in [0.1, 0.15) is 31.2 Å². The summed E-state index contributed by atoms with van der Waals surface area (Å²) in [6.07, 6.45) is 5.48. The Morgan fingerprint density at radius 3 is 2.90 bits per heavy atom. The maximum atomic E-state index is 5.67. The maximum Gasteiger partial charge on any atom is 0.0588 e. The molecule has 2 aliphatic rings. The molecule has 0 spiro atoms. The number of nitrogens with one attached hydrogen (secondary N) is 1. The highest BCUT2D eigenvalue weighted by Crippen LogP contribution is 2.16. The highest BCUT2D eigenvalue weighted by atomic mass is 16.5. The first-order valence-electron chi connectivity index (χ1n) is 8.01. The van der Waals surface area contributed by atoms with E-state index in [-0.39, 0.29) is 0 Å². The third-order valence-corrected chi connectivity index (χ3v) is 4.44. The van der Waals surface area contributed by atoms with E-state index in [0.29, 0.717) is 12.1 Å². The minimum Gasteiger partial charge on any atom is -0.378 e. The van der Waals surface area contributed by atoms with E-state index in [1.165, 1.54) is 44.3 Å². The van der Waals surface area contributed by atoms with Crippen LogP contribution in [0, 0.1) is 0 Å². The molecule has 1 aromatic rings. The topological polar surface area (TPSA) is 24.5 Å². The van der Waals surface area contributed by atoms with E-state index >= 15 is 0 Å². The average molecular weight is 274 g/mol. The molecule has 0 bridgehead atoms. The first-order valence-corrected chi connectivity index (χ1v) is 8.01.